The van der Waals surface area contributed by atoms with Gasteiger partial charge in [-0.2, -0.15) is 0 Å². The number of benzene rings is 1. The molecule has 24 heavy (non-hydrogen) atoms. The zero-order valence-electron chi connectivity index (χ0n) is 14.3. The summed E-state index contributed by atoms with van der Waals surface area (Å²) in [5.41, 5.74) is 4.88. The predicted molar refractivity (Wildman–Crippen MR) is 93.1 cm³/mol. The molecular weight excluding hydrogens is 304 g/mol. The number of ether oxygens (including phenoxy) is 1. The zero-order chi connectivity index (χ0) is 17.1. The third-order valence-electron chi connectivity index (χ3n) is 4.64. The summed E-state index contributed by atoms with van der Waals surface area (Å²) in [4.78, 5) is 24.7. The van der Waals surface area contributed by atoms with Crippen molar-refractivity contribution in [3.05, 3.63) is 41.0 Å². The summed E-state index contributed by atoms with van der Waals surface area (Å²) in [5, 5.41) is 2.69. The molecule has 1 heterocycles. The lowest BCUT2D eigenvalue weighted by molar-refractivity contribution is -0.119. The van der Waals surface area contributed by atoms with Crippen LogP contribution in [-0.4, -0.2) is 31.2 Å². The molecule has 0 aromatic heterocycles. The van der Waals surface area contributed by atoms with Crippen LogP contribution in [0.15, 0.2) is 29.8 Å². The summed E-state index contributed by atoms with van der Waals surface area (Å²) < 4.78 is 5.32. The first-order valence-corrected chi connectivity index (χ1v) is 8.53. The number of carbonyl (C=O) groups is 2. The largest absolute Gasteiger partial charge is 0.442 e. The molecule has 0 bridgehead atoms. The van der Waals surface area contributed by atoms with Gasteiger partial charge in [0.25, 0.3) is 0 Å². The first-order chi connectivity index (χ1) is 11.5. The van der Waals surface area contributed by atoms with E-state index in [-0.39, 0.29) is 18.1 Å². The minimum absolute atomic E-state index is 0.120. The fourth-order valence-corrected chi connectivity index (χ4v) is 3.29. The van der Waals surface area contributed by atoms with Gasteiger partial charge in [-0.1, -0.05) is 17.7 Å². The lowest BCUT2D eigenvalue weighted by atomic mass is 9.99. The molecule has 1 fully saturated rings. The van der Waals surface area contributed by atoms with Crippen molar-refractivity contribution < 1.29 is 14.3 Å². The van der Waals surface area contributed by atoms with Crippen molar-refractivity contribution in [3.63, 3.8) is 0 Å². The van der Waals surface area contributed by atoms with Crippen LogP contribution in [0.4, 0.5) is 10.5 Å². The summed E-state index contributed by atoms with van der Waals surface area (Å²) in [5.74, 6) is -0.120. The molecule has 1 aliphatic heterocycles. The van der Waals surface area contributed by atoms with Crippen LogP contribution in [0, 0.1) is 6.92 Å². The third-order valence-corrected chi connectivity index (χ3v) is 4.64. The van der Waals surface area contributed by atoms with Crippen LogP contribution in [0.2, 0.25) is 0 Å². The van der Waals surface area contributed by atoms with Gasteiger partial charge in [-0.3, -0.25) is 9.69 Å². The highest BCUT2D eigenvalue weighted by molar-refractivity contribution is 5.90. The molecule has 3 rings (SSSR count). The maximum absolute atomic E-state index is 12.1. The standard InChI is InChI=1S/C19H24N2O3/c1-13-9-17(8-7-16(13)10-15-5-3-4-6-15)21-12-18(24-19(21)23)11-20-14(2)22/h5,7-9,18H,3-4,6,10-12H2,1-2H3,(H,20,22)/t18-/m0/s1. The van der Waals surface area contributed by atoms with Crippen LogP contribution in [0.5, 0.6) is 0 Å². The second-order valence-corrected chi connectivity index (χ2v) is 6.60. The number of hydrogen-bond donors (Lipinski definition) is 1. The molecule has 5 nitrogen and oxygen atoms in total. The molecule has 0 saturated carbocycles. The summed E-state index contributed by atoms with van der Waals surface area (Å²) in [6, 6.07) is 6.14. The fourth-order valence-electron chi connectivity index (χ4n) is 3.29. The second-order valence-electron chi connectivity index (χ2n) is 6.60. The first kappa shape index (κ1) is 16.6. The molecule has 0 radical (unpaired) electrons. The molecule has 1 aromatic rings. The van der Waals surface area contributed by atoms with Crippen LogP contribution < -0.4 is 10.2 Å². The summed E-state index contributed by atoms with van der Waals surface area (Å²) >= 11 is 0. The molecule has 1 aliphatic carbocycles. The van der Waals surface area contributed by atoms with E-state index < -0.39 is 0 Å². The van der Waals surface area contributed by atoms with Gasteiger partial charge in [-0.25, -0.2) is 4.79 Å². The van der Waals surface area contributed by atoms with E-state index >= 15 is 0 Å². The highest BCUT2D eigenvalue weighted by Gasteiger charge is 2.32. The Labute approximate surface area is 142 Å². The van der Waals surface area contributed by atoms with E-state index in [2.05, 4.69) is 24.4 Å². The topological polar surface area (TPSA) is 58.6 Å². The van der Waals surface area contributed by atoms with Gasteiger partial charge in [-0.15, -0.1) is 0 Å². The maximum atomic E-state index is 12.1. The number of amides is 2. The smallest absolute Gasteiger partial charge is 0.414 e. The van der Waals surface area contributed by atoms with E-state index in [4.69, 9.17) is 4.74 Å². The molecular formula is C19H24N2O3. The van der Waals surface area contributed by atoms with Crippen molar-refractivity contribution in [1.29, 1.82) is 0 Å². The molecule has 0 spiro atoms. The number of hydrogen-bond acceptors (Lipinski definition) is 3. The molecule has 2 aliphatic rings. The highest BCUT2D eigenvalue weighted by atomic mass is 16.6. The predicted octanol–water partition coefficient (Wildman–Crippen LogP) is 3.11. The Morgan fingerprint density at radius 3 is 2.92 bits per heavy atom. The SMILES string of the molecule is CC(=O)NC[C@H]1CN(c2ccc(CC3=CCCC3)c(C)c2)C(=O)O1. The Balaban J connectivity index is 1.67. The molecule has 2 amide bonds. The van der Waals surface area contributed by atoms with Gasteiger partial charge in [0.1, 0.15) is 6.10 Å². The van der Waals surface area contributed by atoms with Crippen molar-refractivity contribution in [3.8, 4) is 0 Å². The zero-order valence-corrected chi connectivity index (χ0v) is 14.3. The maximum Gasteiger partial charge on any atom is 0.414 e. The van der Waals surface area contributed by atoms with Gasteiger partial charge < -0.3 is 10.1 Å². The molecule has 0 unspecified atom stereocenters. The summed E-state index contributed by atoms with van der Waals surface area (Å²) in [6.07, 6.45) is 6.36. The van der Waals surface area contributed by atoms with E-state index in [1.165, 1.54) is 42.9 Å². The Bertz CT molecular complexity index is 681. The van der Waals surface area contributed by atoms with Gasteiger partial charge in [0.2, 0.25) is 5.91 Å². The van der Waals surface area contributed by atoms with Crippen LogP contribution >= 0.6 is 0 Å². The number of allylic oxidation sites excluding steroid dienone is 2. The molecule has 1 atom stereocenters. The van der Waals surface area contributed by atoms with Gasteiger partial charge in [0.05, 0.1) is 13.1 Å². The third kappa shape index (κ3) is 3.78. The highest BCUT2D eigenvalue weighted by Crippen LogP contribution is 2.27. The Kier molecular flexibility index (Phi) is 4.88. The average Bonchev–Trinajstić information content (AvgIpc) is 3.17. The van der Waals surface area contributed by atoms with E-state index in [1.807, 2.05) is 12.1 Å². The van der Waals surface area contributed by atoms with Crippen LogP contribution in [0.3, 0.4) is 0 Å². The number of nitrogens with one attached hydrogen (secondary N) is 1. The summed E-state index contributed by atoms with van der Waals surface area (Å²) in [7, 11) is 0. The van der Waals surface area contributed by atoms with Crippen molar-refractivity contribution in [2.75, 3.05) is 18.0 Å². The number of carbonyl (C=O) groups excluding carboxylic acids is 2. The molecule has 128 valence electrons. The number of rotatable bonds is 5. The van der Waals surface area contributed by atoms with E-state index in [1.54, 1.807) is 4.90 Å². The fraction of sp³-hybridized carbons (Fsp3) is 0.474. The quantitative estimate of drug-likeness (QED) is 0.845. The van der Waals surface area contributed by atoms with Crippen molar-refractivity contribution in [2.45, 2.75) is 45.6 Å². The lowest BCUT2D eigenvalue weighted by Crippen LogP contribution is -2.33. The van der Waals surface area contributed by atoms with Crippen molar-refractivity contribution in [1.82, 2.24) is 5.32 Å². The van der Waals surface area contributed by atoms with Gasteiger partial charge >= 0.3 is 6.09 Å². The van der Waals surface area contributed by atoms with E-state index in [9.17, 15) is 9.59 Å². The first-order valence-electron chi connectivity index (χ1n) is 8.53. The van der Waals surface area contributed by atoms with Crippen molar-refractivity contribution >= 4 is 17.7 Å². The Morgan fingerprint density at radius 1 is 1.42 bits per heavy atom. The minimum Gasteiger partial charge on any atom is -0.442 e. The molecule has 1 N–H and O–H groups in total. The van der Waals surface area contributed by atoms with Crippen LogP contribution in [0.1, 0.15) is 37.3 Å². The van der Waals surface area contributed by atoms with Crippen molar-refractivity contribution in [2.24, 2.45) is 0 Å². The monoisotopic (exact) mass is 328 g/mol. The molecule has 1 saturated heterocycles. The van der Waals surface area contributed by atoms with E-state index in [0.717, 1.165) is 12.1 Å². The van der Waals surface area contributed by atoms with Gasteiger partial charge in [0.15, 0.2) is 0 Å². The lowest BCUT2D eigenvalue weighted by Gasteiger charge is -2.16. The molecule has 5 heteroatoms. The van der Waals surface area contributed by atoms with Crippen LogP contribution in [0.25, 0.3) is 0 Å². The average molecular weight is 328 g/mol. The number of nitrogens with zero attached hydrogens (tertiary/aromatic N) is 1. The number of aryl methyl sites for hydroxylation is 1. The molecule has 1 aromatic carbocycles. The minimum atomic E-state index is -0.351. The van der Waals surface area contributed by atoms with Gasteiger partial charge in [0, 0.05) is 12.6 Å². The van der Waals surface area contributed by atoms with Crippen LogP contribution in [-0.2, 0) is 16.0 Å². The Morgan fingerprint density at radius 2 is 2.25 bits per heavy atom. The van der Waals surface area contributed by atoms with E-state index in [0.29, 0.717) is 13.1 Å². The normalized spacial score (nSPS) is 20.1. The number of cyclic esters (lactones) is 1. The summed E-state index contributed by atoms with van der Waals surface area (Å²) in [6.45, 7) is 4.35. The second kappa shape index (κ2) is 7.07. The van der Waals surface area contributed by atoms with Gasteiger partial charge in [-0.05, 0) is 55.9 Å². The Hall–Kier alpha value is -2.30. The number of anilines is 1.